The minimum Gasteiger partial charge on any atom is -0.393 e. The van der Waals surface area contributed by atoms with Crippen LogP contribution in [0, 0.1) is 0 Å². The van der Waals surface area contributed by atoms with E-state index in [4.69, 9.17) is 0 Å². The van der Waals surface area contributed by atoms with Crippen LogP contribution in [0.3, 0.4) is 0 Å². The number of hydrogen-bond donors (Lipinski definition) is 2. The van der Waals surface area contributed by atoms with Crippen LogP contribution in [0.5, 0.6) is 0 Å². The molecule has 0 bridgehead atoms. The summed E-state index contributed by atoms with van der Waals surface area (Å²) in [7, 11) is 4.32. The number of urea groups is 1. The van der Waals surface area contributed by atoms with Gasteiger partial charge in [0.05, 0.1) is 36.3 Å². The maximum Gasteiger partial charge on any atom is 0.322 e. The molecule has 1 aromatic heterocycles. The predicted molar refractivity (Wildman–Crippen MR) is 128 cm³/mol. The number of carbonyl (C=O) groups is 1. The average molecular weight is 451 g/mol. The van der Waals surface area contributed by atoms with E-state index in [2.05, 4.69) is 69.5 Å². The maximum atomic E-state index is 12.9. The summed E-state index contributed by atoms with van der Waals surface area (Å²) in [4.78, 5) is 28.2. The molecular formula is C25H34N6O2. The molecule has 176 valence electrons. The Morgan fingerprint density at radius 3 is 2.27 bits per heavy atom. The summed E-state index contributed by atoms with van der Waals surface area (Å²) >= 11 is 0. The summed E-state index contributed by atoms with van der Waals surface area (Å²) in [6.07, 6.45) is 8.59. The van der Waals surface area contributed by atoms with Gasteiger partial charge in [0, 0.05) is 18.6 Å². The van der Waals surface area contributed by atoms with Gasteiger partial charge in [-0.3, -0.25) is 9.80 Å². The lowest BCUT2D eigenvalue weighted by atomic mass is 9.69. The number of aromatic nitrogens is 2. The van der Waals surface area contributed by atoms with Gasteiger partial charge in [0.15, 0.2) is 0 Å². The van der Waals surface area contributed by atoms with Crippen molar-refractivity contribution in [3.8, 4) is 0 Å². The Morgan fingerprint density at radius 2 is 1.67 bits per heavy atom. The molecule has 2 aromatic rings. The lowest BCUT2D eigenvalue weighted by molar-refractivity contribution is 0.0658. The van der Waals surface area contributed by atoms with Crippen molar-refractivity contribution in [3.63, 3.8) is 0 Å². The zero-order valence-corrected chi connectivity index (χ0v) is 19.6. The number of nitrogens with zero attached hydrogens (tertiary/aromatic N) is 5. The fourth-order valence-corrected chi connectivity index (χ4v) is 5.77. The molecule has 0 unspecified atom stereocenters. The van der Waals surface area contributed by atoms with Gasteiger partial charge < -0.3 is 15.3 Å². The maximum absolute atomic E-state index is 12.9. The van der Waals surface area contributed by atoms with Gasteiger partial charge in [0.25, 0.3) is 0 Å². The van der Waals surface area contributed by atoms with E-state index in [1.165, 1.54) is 5.56 Å². The lowest BCUT2D eigenvalue weighted by Crippen LogP contribution is -2.54. The molecule has 3 heterocycles. The van der Waals surface area contributed by atoms with Crippen LogP contribution in [-0.2, 0) is 5.54 Å². The molecule has 8 heteroatoms. The summed E-state index contributed by atoms with van der Waals surface area (Å²) in [6.45, 7) is 2.15. The number of benzene rings is 1. The first-order valence-electron chi connectivity index (χ1n) is 12.0. The second-order valence-electron chi connectivity index (χ2n) is 10.0. The third-order valence-electron chi connectivity index (χ3n) is 7.96. The SMILES string of the molecule is CN(C)[C@]1(c2ccccc2)CC[C@]2(CC1)CN(c1cnc(N3CCC(O)CC3)nc1)C(=O)N2. The molecule has 1 aliphatic carbocycles. The van der Waals surface area contributed by atoms with Gasteiger partial charge in [-0.2, -0.15) is 0 Å². The van der Waals surface area contributed by atoms with Crippen molar-refractivity contribution in [2.45, 2.75) is 55.7 Å². The molecule has 8 nitrogen and oxygen atoms in total. The second kappa shape index (κ2) is 8.57. The smallest absolute Gasteiger partial charge is 0.322 e. The van der Waals surface area contributed by atoms with E-state index in [-0.39, 0.29) is 23.2 Å². The van der Waals surface area contributed by atoms with Crippen LogP contribution < -0.4 is 15.1 Å². The highest BCUT2D eigenvalue weighted by atomic mass is 16.3. The topological polar surface area (TPSA) is 84.8 Å². The minimum atomic E-state index is -0.228. The van der Waals surface area contributed by atoms with Crippen LogP contribution >= 0.6 is 0 Å². The summed E-state index contributed by atoms with van der Waals surface area (Å²) < 4.78 is 0. The van der Waals surface area contributed by atoms with Gasteiger partial charge in [0.2, 0.25) is 5.95 Å². The van der Waals surface area contributed by atoms with E-state index in [0.29, 0.717) is 12.5 Å². The molecule has 33 heavy (non-hydrogen) atoms. The molecule has 0 atom stereocenters. The Morgan fingerprint density at radius 1 is 1.03 bits per heavy atom. The highest BCUT2D eigenvalue weighted by Crippen LogP contribution is 2.46. The molecule has 2 N–H and O–H groups in total. The molecular weight excluding hydrogens is 416 g/mol. The first kappa shape index (κ1) is 22.1. The largest absolute Gasteiger partial charge is 0.393 e. The van der Waals surface area contributed by atoms with Crippen LogP contribution in [0.4, 0.5) is 16.4 Å². The zero-order valence-electron chi connectivity index (χ0n) is 19.6. The van der Waals surface area contributed by atoms with Crippen LogP contribution in [0.15, 0.2) is 42.7 Å². The lowest BCUT2D eigenvalue weighted by Gasteiger charge is -2.48. The Balaban J connectivity index is 1.28. The summed E-state index contributed by atoms with van der Waals surface area (Å²) in [6, 6.07) is 10.7. The quantitative estimate of drug-likeness (QED) is 0.745. The first-order valence-corrected chi connectivity index (χ1v) is 12.0. The van der Waals surface area contributed by atoms with Crippen LogP contribution in [0.2, 0.25) is 0 Å². The Bertz CT molecular complexity index is 964. The van der Waals surface area contributed by atoms with E-state index >= 15 is 0 Å². The van der Waals surface area contributed by atoms with Gasteiger partial charge in [-0.25, -0.2) is 14.8 Å². The highest BCUT2D eigenvalue weighted by molar-refractivity contribution is 5.95. The zero-order chi connectivity index (χ0) is 23.1. The molecule has 1 saturated carbocycles. The van der Waals surface area contributed by atoms with Crippen molar-refractivity contribution < 1.29 is 9.90 Å². The van der Waals surface area contributed by atoms with Gasteiger partial charge in [0.1, 0.15) is 0 Å². The highest BCUT2D eigenvalue weighted by Gasteiger charge is 2.50. The van der Waals surface area contributed by atoms with E-state index in [1.54, 1.807) is 17.3 Å². The van der Waals surface area contributed by atoms with E-state index in [1.807, 2.05) is 0 Å². The van der Waals surface area contributed by atoms with Gasteiger partial charge in [-0.05, 0) is 58.2 Å². The van der Waals surface area contributed by atoms with Crippen molar-refractivity contribution in [2.75, 3.05) is 43.5 Å². The van der Waals surface area contributed by atoms with Crippen molar-refractivity contribution in [1.29, 1.82) is 0 Å². The van der Waals surface area contributed by atoms with Crippen LogP contribution in [-0.4, -0.2) is 71.4 Å². The van der Waals surface area contributed by atoms with Crippen LogP contribution in [0.1, 0.15) is 44.1 Å². The van der Waals surface area contributed by atoms with E-state index in [0.717, 1.165) is 57.3 Å². The number of aliphatic hydroxyl groups excluding tert-OH is 1. The number of piperidine rings is 1. The normalized spacial score (nSPS) is 28.5. The Kier molecular flexibility index (Phi) is 5.74. The van der Waals surface area contributed by atoms with Crippen LogP contribution in [0.25, 0.3) is 0 Å². The molecule has 2 amide bonds. The number of amides is 2. The third kappa shape index (κ3) is 4.06. The fourth-order valence-electron chi connectivity index (χ4n) is 5.77. The number of hydrogen-bond acceptors (Lipinski definition) is 6. The Labute approximate surface area is 195 Å². The number of nitrogens with one attached hydrogen (secondary N) is 1. The molecule has 5 rings (SSSR count). The molecule has 2 saturated heterocycles. The molecule has 0 radical (unpaired) electrons. The minimum absolute atomic E-state index is 0.00254. The van der Waals surface area contributed by atoms with Gasteiger partial charge >= 0.3 is 6.03 Å². The third-order valence-corrected chi connectivity index (χ3v) is 7.96. The van der Waals surface area contributed by atoms with Crippen molar-refractivity contribution >= 4 is 17.7 Å². The van der Waals surface area contributed by atoms with E-state index in [9.17, 15) is 9.90 Å². The predicted octanol–water partition coefficient (Wildman–Crippen LogP) is 2.74. The molecule has 3 aliphatic rings. The number of anilines is 2. The summed E-state index contributed by atoms with van der Waals surface area (Å²) in [5.41, 5.74) is 1.86. The monoisotopic (exact) mass is 450 g/mol. The summed E-state index contributed by atoms with van der Waals surface area (Å²) in [5.74, 6) is 0.663. The number of rotatable bonds is 4. The fraction of sp³-hybridized carbons (Fsp3) is 0.560. The molecule has 3 fully saturated rings. The number of carbonyl (C=O) groups excluding carboxylic acids is 1. The standard InChI is InChI=1S/C25H34N6O2/c1-29(2)25(19-6-4-3-5-7-19)12-10-24(11-13-25)18-31(23(33)28-24)20-16-26-22(27-17-20)30-14-8-21(32)9-15-30/h3-7,16-17,21,32H,8-15,18H2,1-2H3,(H,28,33)/t24-,25+. The van der Waals surface area contributed by atoms with Crippen molar-refractivity contribution in [1.82, 2.24) is 20.2 Å². The van der Waals surface area contributed by atoms with Crippen molar-refractivity contribution in [3.05, 3.63) is 48.3 Å². The van der Waals surface area contributed by atoms with Crippen molar-refractivity contribution in [2.24, 2.45) is 0 Å². The summed E-state index contributed by atoms with van der Waals surface area (Å²) in [5, 5.41) is 13.0. The molecule has 1 aromatic carbocycles. The number of aliphatic hydroxyl groups is 1. The first-order chi connectivity index (χ1) is 15.9. The average Bonchev–Trinajstić information content (AvgIpc) is 3.16. The molecule has 2 aliphatic heterocycles. The van der Waals surface area contributed by atoms with Gasteiger partial charge in [-0.1, -0.05) is 30.3 Å². The second-order valence-corrected chi connectivity index (χ2v) is 10.0. The van der Waals surface area contributed by atoms with Gasteiger partial charge in [-0.15, -0.1) is 0 Å². The molecule has 1 spiro atoms. The Hall–Kier alpha value is -2.71. The van der Waals surface area contributed by atoms with E-state index < -0.39 is 0 Å².